The summed E-state index contributed by atoms with van der Waals surface area (Å²) in [5.41, 5.74) is 1.36. The Kier molecular flexibility index (Phi) is 2.26. The molecule has 0 bridgehead atoms. The Morgan fingerprint density at radius 3 is 2.73 bits per heavy atom. The van der Waals surface area contributed by atoms with Crippen LogP contribution < -0.4 is 0 Å². The zero-order chi connectivity index (χ0) is 10.3. The Morgan fingerprint density at radius 2 is 2.00 bits per heavy atom. The molecule has 0 radical (unpaired) electrons. The molecule has 2 nitrogen and oxygen atoms in total. The molecule has 0 spiro atoms. The highest BCUT2D eigenvalue weighted by molar-refractivity contribution is 5.20. The largest absolute Gasteiger partial charge is 0.375 e. The smallest absolute Gasteiger partial charge is 0.108 e. The summed E-state index contributed by atoms with van der Waals surface area (Å²) in [4.78, 5) is 0. The van der Waals surface area contributed by atoms with Crippen LogP contribution in [0.25, 0.3) is 0 Å². The highest BCUT2D eigenvalue weighted by Gasteiger charge is 2.46. The van der Waals surface area contributed by atoms with Gasteiger partial charge in [-0.05, 0) is 5.56 Å². The van der Waals surface area contributed by atoms with Crippen LogP contribution in [0.5, 0.6) is 0 Å². The zero-order valence-electron chi connectivity index (χ0n) is 8.93. The molecule has 2 heterocycles. The van der Waals surface area contributed by atoms with Crippen molar-refractivity contribution in [3.8, 4) is 0 Å². The van der Waals surface area contributed by atoms with E-state index in [0.29, 0.717) is 24.2 Å². The predicted molar refractivity (Wildman–Crippen MR) is 57.9 cm³/mol. The third-order valence-electron chi connectivity index (χ3n) is 3.51. The van der Waals surface area contributed by atoms with Crippen molar-refractivity contribution in [2.24, 2.45) is 0 Å². The monoisotopic (exact) mass is 204 g/mol. The maximum Gasteiger partial charge on any atom is 0.108 e. The van der Waals surface area contributed by atoms with Crippen LogP contribution in [-0.4, -0.2) is 24.9 Å². The van der Waals surface area contributed by atoms with Gasteiger partial charge in [-0.15, -0.1) is 0 Å². The highest BCUT2D eigenvalue weighted by Crippen LogP contribution is 2.37. The summed E-state index contributed by atoms with van der Waals surface area (Å²) in [6.07, 6.45) is 2.27. The average Bonchev–Trinajstić information content (AvgIpc) is 3.07. The van der Waals surface area contributed by atoms with E-state index in [2.05, 4.69) is 37.3 Å². The molecule has 0 aromatic heterocycles. The van der Waals surface area contributed by atoms with Gasteiger partial charge in [0.2, 0.25) is 0 Å². The molecule has 1 aromatic carbocycles. The lowest BCUT2D eigenvalue weighted by atomic mass is 9.91. The molecule has 2 aliphatic heterocycles. The third kappa shape index (κ3) is 1.80. The normalized spacial score (nSPS) is 35.7. The minimum Gasteiger partial charge on any atom is -0.375 e. The van der Waals surface area contributed by atoms with E-state index in [-0.39, 0.29) is 0 Å². The first-order valence-electron chi connectivity index (χ1n) is 5.66. The Morgan fingerprint density at radius 1 is 1.20 bits per heavy atom. The van der Waals surface area contributed by atoms with Gasteiger partial charge < -0.3 is 9.47 Å². The van der Waals surface area contributed by atoms with Gasteiger partial charge in [0, 0.05) is 12.3 Å². The van der Waals surface area contributed by atoms with E-state index in [1.807, 2.05) is 0 Å². The second-order valence-electron chi connectivity index (χ2n) is 4.52. The Hall–Kier alpha value is -0.860. The van der Waals surface area contributed by atoms with Crippen molar-refractivity contribution in [2.75, 3.05) is 6.61 Å². The van der Waals surface area contributed by atoms with Crippen LogP contribution in [0.1, 0.15) is 24.8 Å². The molecule has 0 N–H and O–H groups in total. The summed E-state index contributed by atoms with van der Waals surface area (Å²) in [5, 5.41) is 0. The van der Waals surface area contributed by atoms with Crippen molar-refractivity contribution in [2.45, 2.75) is 37.6 Å². The molecule has 2 saturated heterocycles. The van der Waals surface area contributed by atoms with E-state index >= 15 is 0 Å². The quantitative estimate of drug-likeness (QED) is 0.690. The molecular formula is C13H16O2. The SMILES string of the molecule is CC(c1ccccc1)[C@H]1CC2OC2CO1. The first-order valence-corrected chi connectivity index (χ1v) is 5.66. The van der Waals surface area contributed by atoms with E-state index in [4.69, 9.17) is 9.47 Å². The number of hydrogen-bond acceptors (Lipinski definition) is 2. The molecule has 3 unspecified atom stereocenters. The molecular weight excluding hydrogens is 188 g/mol. The Labute approximate surface area is 90.2 Å². The van der Waals surface area contributed by atoms with Crippen molar-refractivity contribution >= 4 is 0 Å². The molecule has 0 saturated carbocycles. The molecule has 2 aliphatic rings. The van der Waals surface area contributed by atoms with Crippen LogP contribution in [0.4, 0.5) is 0 Å². The van der Waals surface area contributed by atoms with Gasteiger partial charge >= 0.3 is 0 Å². The molecule has 3 rings (SSSR count). The summed E-state index contributed by atoms with van der Waals surface area (Å²) < 4.78 is 11.3. The fourth-order valence-corrected chi connectivity index (χ4v) is 2.37. The highest BCUT2D eigenvalue weighted by atomic mass is 16.6. The van der Waals surface area contributed by atoms with Gasteiger partial charge in [-0.2, -0.15) is 0 Å². The number of fused-ring (bicyclic) bond motifs is 1. The van der Waals surface area contributed by atoms with Crippen LogP contribution in [0, 0.1) is 0 Å². The lowest BCUT2D eigenvalue weighted by Gasteiger charge is -2.26. The molecule has 2 fully saturated rings. The number of benzene rings is 1. The van der Waals surface area contributed by atoms with Crippen LogP contribution >= 0.6 is 0 Å². The van der Waals surface area contributed by atoms with Crippen molar-refractivity contribution in [1.29, 1.82) is 0 Å². The Balaban J connectivity index is 1.71. The lowest BCUT2D eigenvalue weighted by molar-refractivity contribution is 0.0156. The van der Waals surface area contributed by atoms with Crippen LogP contribution in [-0.2, 0) is 9.47 Å². The van der Waals surface area contributed by atoms with Crippen molar-refractivity contribution < 1.29 is 9.47 Å². The average molecular weight is 204 g/mol. The van der Waals surface area contributed by atoms with Crippen LogP contribution in [0.3, 0.4) is 0 Å². The minimum atomic E-state index is 0.330. The third-order valence-corrected chi connectivity index (χ3v) is 3.51. The van der Waals surface area contributed by atoms with Gasteiger partial charge in [0.15, 0.2) is 0 Å². The van der Waals surface area contributed by atoms with Gasteiger partial charge in [0.1, 0.15) is 6.10 Å². The molecule has 4 atom stereocenters. The summed E-state index contributed by atoms with van der Waals surface area (Å²) in [6.45, 7) is 3.02. The lowest BCUT2D eigenvalue weighted by Crippen LogP contribution is -2.29. The number of hydrogen-bond donors (Lipinski definition) is 0. The van der Waals surface area contributed by atoms with E-state index in [9.17, 15) is 0 Å². The van der Waals surface area contributed by atoms with Gasteiger partial charge in [0.05, 0.1) is 18.8 Å². The number of ether oxygens (including phenoxy) is 2. The fourth-order valence-electron chi connectivity index (χ4n) is 2.37. The maximum atomic E-state index is 5.82. The first kappa shape index (κ1) is 9.37. The van der Waals surface area contributed by atoms with E-state index in [0.717, 1.165) is 13.0 Å². The zero-order valence-corrected chi connectivity index (χ0v) is 8.93. The second-order valence-corrected chi connectivity index (χ2v) is 4.52. The Bertz CT molecular complexity index is 336. The minimum absolute atomic E-state index is 0.330. The number of rotatable bonds is 2. The van der Waals surface area contributed by atoms with E-state index in [1.54, 1.807) is 0 Å². The summed E-state index contributed by atoms with van der Waals surface area (Å²) in [7, 11) is 0. The summed E-state index contributed by atoms with van der Waals surface area (Å²) in [6, 6.07) is 10.6. The first-order chi connectivity index (χ1) is 7.34. The molecule has 0 amide bonds. The molecule has 80 valence electrons. The van der Waals surface area contributed by atoms with Gasteiger partial charge in [-0.3, -0.25) is 0 Å². The van der Waals surface area contributed by atoms with E-state index < -0.39 is 0 Å². The fraction of sp³-hybridized carbons (Fsp3) is 0.538. The van der Waals surface area contributed by atoms with Crippen molar-refractivity contribution in [3.63, 3.8) is 0 Å². The molecule has 2 heteroatoms. The molecule has 1 aromatic rings. The summed E-state index contributed by atoms with van der Waals surface area (Å²) >= 11 is 0. The predicted octanol–water partition coefficient (Wildman–Crippen LogP) is 2.35. The van der Waals surface area contributed by atoms with Crippen molar-refractivity contribution in [1.82, 2.24) is 0 Å². The summed E-state index contributed by atoms with van der Waals surface area (Å²) in [5.74, 6) is 0.469. The maximum absolute atomic E-state index is 5.82. The van der Waals surface area contributed by atoms with E-state index in [1.165, 1.54) is 5.56 Å². The number of epoxide rings is 1. The van der Waals surface area contributed by atoms with Crippen LogP contribution in [0.2, 0.25) is 0 Å². The van der Waals surface area contributed by atoms with Crippen LogP contribution in [0.15, 0.2) is 30.3 Å². The van der Waals surface area contributed by atoms with Crippen molar-refractivity contribution in [3.05, 3.63) is 35.9 Å². The van der Waals surface area contributed by atoms with Gasteiger partial charge in [0.25, 0.3) is 0 Å². The molecule has 15 heavy (non-hydrogen) atoms. The van der Waals surface area contributed by atoms with Gasteiger partial charge in [-0.1, -0.05) is 37.3 Å². The van der Waals surface area contributed by atoms with Gasteiger partial charge in [-0.25, -0.2) is 0 Å². The molecule has 0 aliphatic carbocycles. The topological polar surface area (TPSA) is 21.8 Å². The second kappa shape index (κ2) is 3.62. The standard InChI is InChI=1S/C13H16O2/c1-9(10-5-3-2-4-6-10)11-7-12-13(15-12)8-14-11/h2-6,9,11-13H,7-8H2,1H3/t9?,11-,12?,13?/m1/s1.